The maximum Gasteiger partial charge on any atom is 0.343 e. The van der Waals surface area contributed by atoms with E-state index < -0.39 is 11.6 Å². The molecule has 182 valence electrons. The van der Waals surface area contributed by atoms with Gasteiger partial charge >= 0.3 is 5.97 Å². The van der Waals surface area contributed by atoms with Crippen LogP contribution in [-0.4, -0.2) is 39.6 Å². The summed E-state index contributed by atoms with van der Waals surface area (Å²) in [6.45, 7) is 2.14. The van der Waals surface area contributed by atoms with E-state index in [0.29, 0.717) is 24.4 Å². The molecule has 0 radical (unpaired) electrons. The second-order valence-electron chi connectivity index (χ2n) is 9.24. The van der Waals surface area contributed by atoms with Crippen LogP contribution in [0.4, 0.5) is 0 Å². The van der Waals surface area contributed by atoms with Crippen LogP contribution in [0.25, 0.3) is 22.3 Å². The third-order valence-electron chi connectivity index (χ3n) is 6.84. The van der Waals surface area contributed by atoms with Crippen molar-refractivity contribution in [2.24, 2.45) is 0 Å². The lowest BCUT2D eigenvalue weighted by atomic mass is 9.85. The van der Waals surface area contributed by atoms with E-state index in [1.54, 1.807) is 10.6 Å². The molecule has 8 nitrogen and oxygen atoms in total. The Kier molecular flexibility index (Phi) is 6.25. The highest BCUT2D eigenvalue weighted by molar-refractivity contribution is 5.86. The maximum atomic E-state index is 13.4. The van der Waals surface area contributed by atoms with Crippen LogP contribution in [0.3, 0.4) is 0 Å². The molecule has 1 N–H and O–H groups in total. The van der Waals surface area contributed by atoms with E-state index in [1.807, 2.05) is 30.3 Å². The topological polar surface area (TPSA) is 108 Å². The number of carbonyl (C=O) groups is 2. The van der Waals surface area contributed by atoms with Gasteiger partial charge in [0.2, 0.25) is 0 Å². The van der Waals surface area contributed by atoms with Crippen molar-refractivity contribution < 1.29 is 24.2 Å². The Hall–Kier alpha value is -3.36. The zero-order valence-electron chi connectivity index (χ0n) is 19.7. The quantitative estimate of drug-likeness (QED) is 0.292. The molecule has 4 heterocycles. The number of hydrogen-bond acceptors (Lipinski definition) is 7. The van der Waals surface area contributed by atoms with Crippen LogP contribution in [0, 0.1) is 0 Å². The second-order valence-corrected chi connectivity index (χ2v) is 9.24. The first-order chi connectivity index (χ1) is 16.9. The highest BCUT2D eigenvalue weighted by Gasteiger charge is 2.46. The number of rotatable bonds is 9. The van der Waals surface area contributed by atoms with Gasteiger partial charge in [-0.1, -0.05) is 38.0 Å². The molecule has 0 fully saturated rings. The summed E-state index contributed by atoms with van der Waals surface area (Å²) in [7, 11) is 0. The SMILES string of the molecule is CCCCCC(=O)COCC[C@@]1(O)C(=O)OCc2c1cc1n(c2=O)Cc2cc3ccccc3nc2-1. The van der Waals surface area contributed by atoms with Crippen LogP contribution >= 0.6 is 0 Å². The summed E-state index contributed by atoms with van der Waals surface area (Å²) in [6.07, 6.45) is 3.17. The Labute approximate surface area is 202 Å². The zero-order chi connectivity index (χ0) is 24.6. The summed E-state index contributed by atoms with van der Waals surface area (Å²) in [5.41, 5.74) is 1.08. The van der Waals surface area contributed by atoms with Crippen molar-refractivity contribution in [3.8, 4) is 11.4 Å². The number of nitrogens with zero attached hydrogens (tertiary/aromatic N) is 2. The predicted octanol–water partition coefficient (Wildman–Crippen LogP) is 3.23. The average molecular weight is 477 g/mol. The Morgan fingerprint density at radius 3 is 2.89 bits per heavy atom. The van der Waals surface area contributed by atoms with E-state index in [0.717, 1.165) is 35.7 Å². The molecule has 0 aliphatic carbocycles. The van der Waals surface area contributed by atoms with Crippen LogP contribution in [0.15, 0.2) is 41.2 Å². The fourth-order valence-electron chi connectivity index (χ4n) is 4.88. The number of unbranched alkanes of at least 4 members (excludes halogenated alkanes) is 2. The van der Waals surface area contributed by atoms with E-state index in [1.165, 1.54) is 0 Å². The number of ether oxygens (including phenoxy) is 2. The lowest BCUT2D eigenvalue weighted by Crippen LogP contribution is -2.45. The highest BCUT2D eigenvalue weighted by Crippen LogP contribution is 2.38. The summed E-state index contributed by atoms with van der Waals surface area (Å²) >= 11 is 0. The lowest BCUT2D eigenvalue weighted by molar-refractivity contribution is -0.174. The van der Waals surface area contributed by atoms with Crippen molar-refractivity contribution in [2.45, 2.75) is 57.8 Å². The number of fused-ring (bicyclic) bond motifs is 5. The Morgan fingerprint density at radius 1 is 1.23 bits per heavy atom. The molecule has 3 aromatic rings. The molecule has 0 bridgehead atoms. The van der Waals surface area contributed by atoms with Crippen LogP contribution in [0.5, 0.6) is 0 Å². The van der Waals surface area contributed by atoms with Gasteiger partial charge in [0, 0.05) is 29.4 Å². The average Bonchev–Trinajstić information content (AvgIpc) is 3.21. The van der Waals surface area contributed by atoms with Gasteiger partial charge in [0.1, 0.15) is 13.2 Å². The molecule has 2 aromatic heterocycles. The van der Waals surface area contributed by atoms with Crippen LogP contribution < -0.4 is 5.56 Å². The highest BCUT2D eigenvalue weighted by atomic mass is 16.6. The zero-order valence-corrected chi connectivity index (χ0v) is 19.7. The molecular weight excluding hydrogens is 448 g/mol. The molecule has 8 heteroatoms. The number of ketones is 1. The molecule has 1 atom stereocenters. The van der Waals surface area contributed by atoms with Gasteiger partial charge in [0.05, 0.1) is 35.6 Å². The van der Waals surface area contributed by atoms with Gasteiger partial charge in [-0.2, -0.15) is 0 Å². The Balaban J connectivity index is 1.42. The van der Waals surface area contributed by atoms with Crippen LogP contribution in [0.2, 0.25) is 0 Å². The third-order valence-corrected chi connectivity index (χ3v) is 6.84. The Bertz CT molecular complexity index is 1380. The molecule has 0 spiro atoms. The molecule has 5 rings (SSSR count). The molecule has 2 aliphatic heterocycles. The number of aromatic nitrogens is 2. The van der Waals surface area contributed by atoms with Crippen molar-refractivity contribution >= 4 is 22.7 Å². The fourth-order valence-corrected chi connectivity index (χ4v) is 4.88. The first-order valence-corrected chi connectivity index (χ1v) is 12.1. The van der Waals surface area contributed by atoms with Gasteiger partial charge in [-0.15, -0.1) is 0 Å². The standard InChI is InChI=1S/C27H28N2O6/c1-2-3-4-8-19(30)15-34-11-10-27(33)21-13-23-24-18(12-17-7-5-6-9-22(17)28-24)14-29(23)25(31)20(21)16-35-26(27)32/h5-7,9,12-13,33H,2-4,8,10-11,14-16H2,1H3/t27-/m0/s1. The van der Waals surface area contributed by atoms with Crippen molar-refractivity contribution in [3.05, 3.63) is 63.4 Å². The summed E-state index contributed by atoms with van der Waals surface area (Å²) < 4.78 is 12.3. The largest absolute Gasteiger partial charge is 0.458 e. The van der Waals surface area contributed by atoms with Crippen molar-refractivity contribution in [1.82, 2.24) is 9.55 Å². The van der Waals surface area contributed by atoms with Crippen LogP contribution in [-0.2, 0) is 37.8 Å². The van der Waals surface area contributed by atoms with Crippen molar-refractivity contribution in [3.63, 3.8) is 0 Å². The van der Waals surface area contributed by atoms with E-state index >= 15 is 0 Å². The number of esters is 1. The monoisotopic (exact) mass is 476 g/mol. The predicted molar refractivity (Wildman–Crippen MR) is 129 cm³/mol. The fraction of sp³-hybridized carbons (Fsp3) is 0.407. The minimum Gasteiger partial charge on any atom is -0.458 e. The van der Waals surface area contributed by atoms with Gasteiger partial charge in [0.15, 0.2) is 11.4 Å². The van der Waals surface area contributed by atoms with Crippen molar-refractivity contribution in [2.75, 3.05) is 13.2 Å². The molecule has 0 unspecified atom stereocenters. The summed E-state index contributed by atoms with van der Waals surface area (Å²) in [5, 5.41) is 12.4. The number of cyclic esters (lactones) is 1. The van der Waals surface area contributed by atoms with E-state index in [9.17, 15) is 19.5 Å². The number of carbonyl (C=O) groups excluding carboxylic acids is 2. The number of Topliss-reactive ketones (excluding diaryl/α,β-unsaturated/α-hetero) is 1. The first kappa shape index (κ1) is 23.4. The van der Waals surface area contributed by atoms with E-state index in [4.69, 9.17) is 14.5 Å². The van der Waals surface area contributed by atoms with Gasteiger partial charge in [-0.3, -0.25) is 9.59 Å². The minimum atomic E-state index is -2.03. The number of hydrogen-bond donors (Lipinski definition) is 1. The van der Waals surface area contributed by atoms with Gasteiger partial charge in [-0.25, -0.2) is 9.78 Å². The summed E-state index contributed by atoms with van der Waals surface area (Å²) in [4.78, 5) is 42.8. The molecule has 0 amide bonds. The molecule has 1 aromatic carbocycles. The normalized spacial score (nSPS) is 18.2. The summed E-state index contributed by atoms with van der Waals surface area (Å²) in [6, 6.07) is 11.4. The Morgan fingerprint density at radius 2 is 2.06 bits per heavy atom. The van der Waals surface area contributed by atoms with Gasteiger partial charge < -0.3 is 19.1 Å². The smallest absolute Gasteiger partial charge is 0.343 e. The number of pyridine rings is 2. The molecule has 0 saturated heterocycles. The number of benzene rings is 1. The summed E-state index contributed by atoms with van der Waals surface area (Å²) in [5.74, 6) is -0.833. The number of aliphatic hydroxyl groups is 1. The van der Waals surface area contributed by atoms with E-state index in [-0.39, 0.29) is 48.7 Å². The molecule has 2 aliphatic rings. The minimum absolute atomic E-state index is 0.0111. The van der Waals surface area contributed by atoms with Crippen LogP contribution in [0.1, 0.15) is 55.7 Å². The molecular formula is C27H28N2O6. The second kappa shape index (κ2) is 9.36. The van der Waals surface area contributed by atoms with Gasteiger partial charge in [0.25, 0.3) is 5.56 Å². The molecule has 0 saturated carbocycles. The maximum absolute atomic E-state index is 13.4. The lowest BCUT2D eigenvalue weighted by Gasteiger charge is -2.32. The first-order valence-electron chi connectivity index (χ1n) is 12.1. The van der Waals surface area contributed by atoms with Crippen molar-refractivity contribution in [1.29, 1.82) is 0 Å². The molecule has 35 heavy (non-hydrogen) atoms. The van der Waals surface area contributed by atoms with E-state index in [2.05, 4.69) is 6.92 Å². The number of para-hydroxylation sites is 1. The third kappa shape index (κ3) is 4.17. The van der Waals surface area contributed by atoms with Gasteiger partial charge in [-0.05, 0) is 24.6 Å².